The van der Waals surface area contributed by atoms with E-state index in [1.165, 1.54) is 18.2 Å². The summed E-state index contributed by atoms with van der Waals surface area (Å²) in [6.07, 6.45) is 0. The van der Waals surface area contributed by atoms with E-state index in [4.69, 9.17) is 26.7 Å². The predicted molar refractivity (Wildman–Crippen MR) is 77.3 cm³/mol. The van der Waals surface area contributed by atoms with Crippen molar-refractivity contribution in [3.8, 4) is 17.6 Å². The number of carbonyl (C=O) groups is 1. The number of aromatic carboxylic acids is 1. The van der Waals surface area contributed by atoms with Crippen molar-refractivity contribution < 1.29 is 14.6 Å². The molecule has 0 fully saturated rings. The van der Waals surface area contributed by atoms with Crippen LogP contribution < -0.4 is 4.74 Å². The first-order chi connectivity index (χ1) is 9.51. The van der Waals surface area contributed by atoms with E-state index in [2.05, 4.69) is 15.9 Å². The van der Waals surface area contributed by atoms with Gasteiger partial charge in [-0.25, -0.2) is 4.79 Å². The number of hydrogen-bond acceptors (Lipinski definition) is 3. The second-order valence-electron chi connectivity index (χ2n) is 3.80. The minimum absolute atomic E-state index is 0.0655. The molecule has 0 unspecified atom stereocenters. The standard InChI is InChI=1S/C14H7BrClNO3/c15-9-1-3-12(8(5-9)7-17)20-13-4-2-10(16)6-11(13)14(18)19/h1-6H,(H,18,19). The molecule has 0 aliphatic rings. The van der Waals surface area contributed by atoms with E-state index in [9.17, 15) is 4.79 Å². The van der Waals surface area contributed by atoms with Gasteiger partial charge in [0.2, 0.25) is 0 Å². The molecular formula is C14H7BrClNO3. The van der Waals surface area contributed by atoms with Gasteiger partial charge in [0.25, 0.3) is 0 Å². The van der Waals surface area contributed by atoms with E-state index in [1.807, 2.05) is 6.07 Å². The number of halogens is 2. The van der Waals surface area contributed by atoms with Crippen LogP contribution in [-0.4, -0.2) is 11.1 Å². The molecule has 0 saturated heterocycles. The molecule has 0 heterocycles. The van der Waals surface area contributed by atoms with Gasteiger partial charge in [-0.3, -0.25) is 0 Å². The Kier molecular flexibility index (Phi) is 4.28. The molecule has 0 spiro atoms. The van der Waals surface area contributed by atoms with Crippen LogP contribution in [0.5, 0.6) is 11.5 Å². The summed E-state index contributed by atoms with van der Waals surface area (Å²) in [5, 5.41) is 18.5. The number of hydrogen-bond donors (Lipinski definition) is 1. The van der Waals surface area contributed by atoms with Crippen molar-refractivity contribution in [3.63, 3.8) is 0 Å². The summed E-state index contributed by atoms with van der Waals surface area (Å²) in [7, 11) is 0. The number of rotatable bonds is 3. The van der Waals surface area contributed by atoms with E-state index >= 15 is 0 Å². The molecule has 2 rings (SSSR count). The van der Waals surface area contributed by atoms with Crippen LogP contribution in [0.15, 0.2) is 40.9 Å². The SMILES string of the molecule is N#Cc1cc(Br)ccc1Oc1ccc(Cl)cc1C(=O)O. The maximum absolute atomic E-state index is 11.2. The van der Waals surface area contributed by atoms with Gasteiger partial charge in [0, 0.05) is 9.50 Å². The van der Waals surface area contributed by atoms with Crippen molar-refractivity contribution in [2.45, 2.75) is 0 Å². The van der Waals surface area contributed by atoms with Crippen molar-refractivity contribution in [3.05, 3.63) is 57.0 Å². The Morgan fingerprint density at radius 3 is 2.60 bits per heavy atom. The summed E-state index contributed by atoms with van der Waals surface area (Å²) in [4.78, 5) is 11.2. The molecule has 0 aliphatic carbocycles. The highest BCUT2D eigenvalue weighted by Crippen LogP contribution is 2.31. The third-order valence-electron chi connectivity index (χ3n) is 2.45. The maximum atomic E-state index is 11.2. The lowest BCUT2D eigenvalue weighted by molar-refractivity contribution is 0.0694. The summed E-state index contributed by atoms with van der Waals surface area (Å²) >= 11 is 9.02. The molecule has 0 amide bonds. The monoisotopic (exact) mass is 351 g/mol. The minimum atomic E-state index is -1.15. The third-order valence-corrected chi connectivity index (χ3v) is 3.18. The highest BCUT2D eigenvalue weighted by molar-refractivity contribution is 9.10. The molecule has 0 aliphatic heterocycles. The first-order valence-electron chi connectivity index (χ1n) is 5.41. The van der Waals surface area contributed by atoms with Crippen molar-refractivity contribution in [1.29, 1.82) is 5.26 Å². The number of ether oxygens (including phenoxy) is 1. The van der Waals surface area contributed by atoms with Crippen LogP contribution in [0.25, 0.3) is 0 Å². The second kappa shape index (κ2) is 5.95. The van der Waals surface area contributed by atoms with Gasteiger partial charge >= 0.3 is 5.97 Å². The summed E-state index contributed by atoms with van der Waals surface area (Å²) in [6, 6.07) is 11.1. The van der Waals surface area contributed by atoms with Gasteiger partial charge in [-0.1, -0.05) is 27.5 Å². The summed E-state index contributed by atoms with van der Waals surface area (Å²) in [6.45, 7) is 0. The fraction of sp³-hybridized carbons (Fsp3) is 0. The Morgan fingerprint density at radius 1 is 1.25 bits per heavy atom. The van der Waals surface area contributed by atoms with Gasteiger partial charge in [0.1, 0.15) is 23.1 Å². The van der Waals surface area contributed by atoms with Gasteiger partial charge in [-0.05, 0) is 36.4 Å². The minimum Gasteiger partial charge on any atom is -0.478 e. The van der Waals surface area contributed by atoms with Gasteiger partial charge < -0.3 is 9.84 Å². The van der Waals surface area contributed by atoms with Crippen molar-refractivity contribution in [1.82, 2.24) is 0 Å². The number of benzene rings is 2. The molecule has 4 nitrogen and oxygen atoms in total. The second-order valence-corrected chi connectivity index (χ2v) is 5.15. The zero-order chi connectivity index (χ0) is 14.7. The number of nitriles is 1. The van der Waals surface area contributed by atoms with Gasteiger partial charge in [-0.2, -0.15) is 5.26 Å². The summed E-state index contributed by atoms with van der Waals surface area (Å²) < 4.78 is 6.25. The third kappa shape index (κ3) is 3.10. The Labute approximate surface area is 128 Å². The fourth-order valence-corrected chi connectivity index (χ4v) is 2.09. The van der Waals surface area contributed by atoms with Gasteiger partial charge in [0.15, 0.2) is 0 Å². The van der Waals surface area contributed by atoms with Crippen molar-refractivity contribution in [2.24, 2.45) is 0 Å². The zero-order valence-corrected chi connectivity index (χ0v) is 12.3. The predicted octanol–water partition coefficient (Wildman–Crippen LogP) is 4.46. The highest BCUT2D eigenvalue weighted by Gasteiger charge is 2.14. The molecule has 100 valence electrons. The van der Waals surface area contributed by atoms with Crippen LogP contribution in [0, 0.1) is 11.3 Å². The topological polar surface area (TPSA) is 70.3 Å². The fourth-order valence-electron chi connectivity index (χ4n) is 1.56. The van der Waals surface area contributed by atoms with Crippen LogP contribution in [0.3, 0.4) is 0 Å². The van der Waals surface area contributed by atoms with E-state index in [-0.39, 0.29) is 17.1 Å². The zero-order valence-electron chi connectivity index (χ0n) is 9.93. The molecule has 0 bridgehead atoms. The first-order valence-corrected chi connectivity index (χ1v) is 6.58. The molecule has 0 aromatic heterocycles. The number of carboxylic acids is 1. The lowest BCUT2D eigenvalue weighted by Crippen LogP contribution is -2.00. The van der Waals surface area contributed by atoms with E-state index < -0.39 is 5.97 Å². The molecule has 0 saturated carbocycles. The van der Waals surface area contributed by atoms with Crippen molar-refractivity contribution >= 4 is 33.5 Å². The molecular weight excluding hydrogens is 346 g/mol. The lowest BCUT2D eigenvalue weighted by atomic mass is 10.2. The summed E-state index contributed by atoms with van der Waals surface area (Å²) in [5.41, 5.74) is 0.231. The average Bonchev–Trinajstić information content (AvgIpc) is 2.42. The van der Waals surface area contributed by atoms with Crippen LogP contribution in [0.1, 0.15) is 15.9 Å². The Bertz CT molecular complexity index is 725. The molecule has 6 heteroatoms. The molecule has 20 heavy (non-hydrogen) atoms. The van der Waals surface area contributed by atoms with Crippen LogP contribution >= 0.6 is 27.5 Å². The number of carboxylic acid groups (broad SMARTS) is 1. The Morgan fingerprint density at radius 2 is 1.95 bits per heavy atom. The molecule has 2 aromatic rings. The molecule has 0 radical (unpaired) electrons. The maximum Gasteiger partial charge on any atom is 0.339 e. The molecule has 2 aromatic carbocycles. The van der Waals surface area contributed by atoms with E-state index in [0.717, 1.165) is 4.47 Å². The average molecular weight is 353 g/mol. The van der Waals surface area contributed by atoms with Crippen molar-refractivity contribution in [2.75, 3.05) is 0 Å². The Hall–Kier alpha value is -2.03. The smallest absolute Gasteiger partial charge is 0.339 e. The van der Waals surface area contributed by atoms with Gasteiger partial charge in [-0.15, -0.1) is 0 Å². The largest absolute Gasteiger partial charge is 0.478 e. The lowest BCUT2D eigenvalue weighted by Gasteiger charge is -2.10. The van der Waals surface area contributed by atoms with E-state index in [0.29, 0.717) is 10.6 Å². The number of nitrogens with zero attached hydrogens (tertiary/aromatic N) is 1. The normalized spacial score (nSPS) is 9.85. The molecule has 0 atom stereocenters. The first kappa shape index (κ1) is 14.4. The Balaban J connectivity index is 2.45. The van der Waals surface area contributed by atoms with Gasteiger partial charge in [0.05, 0.1) is 5.56 Å². The highest BCUT2D eigenvalue weighted by atomic mass is 79.9. The van der Waals surface area contributed by atoms with Crippen LogP contribution in [0.4, 0.5) is 0 Å². The van der Waals surface area contributed by atoms with Crippen LogP contribution in [-0.2, 0) is 0 Å². The summed E-state index contributed by atoms with van der Waals surface area (Å²) in [5.74, 6) is -0.751. The van der Waals surface area contributed by atoms with Crippen LogP contribution in [0.2, 0.25) is 5.02 Å². The van der Waals surface area contributed by atoms with E-state index in [1.54, 1.807) is 18.2 Å². The quantitative estimate of drug-likeness (QED) is 0.885. The molecule has 1 N–H and O–H groups in total.